The molecule has 3 heteroatoms. The summed E-state index contributed by atoms with van der Waals surface area (Å²) in [7, 11) is 0. The van der Waals surface area contributed by atoms with Gasteiger partial charge in [0.05, 0.1) is 0 Å². The first-order valence-corrected chi connectivity index (χ1v) is 8.11. The fourth-order valence-electron chi connectivity index (χ4n) is 2.84. The van der Waals surface area contributed by atoms with Crippen LogP contribution in [-0.4, -0.2) is 6.04 Å². The fourth-order valence-corrected chi connectivity index (χ4v) is 3.91. The van der Waals surface area contributed by atoms with Gasteiger partial charge >= 0.3 is 0 Å². The van der Waals surface area contributed by atoms with Crippen molar-refractivity contribution < 1.29 is 4.74 Å². The predicted octanol–water partition coefficient (Wildman–Crippen LogP) is 4.01. The standard InChI is InChI=1S/C17H21NOS/c1-11-8-9-20-17(11)16(12(2)18)19-15-7-6-13-4-3-5-14(13)10-15/h6-10,12,16H,3-5,18H2,1-2H3. The maximum atomic E-state index is 6.21. The van der Waals surface area contributed by atoms with Gasteiger partial charge in [-0.25, -0.2) is 0 Å². The van der Waals surface area contributed by atoms with Gasteiger partial charge in [-0.1, -0.05) is 6.07 Å². The molecule has 1 heterocycles. The quantitative estimate of drug-likeness (QED) is 0.922. The average molecular weight is 287 g/mol. The number of aryl methyl sites for hydroxylation is 3. The van der Waals surface area contributed by atoms with Crippen LogP contribution in [0.1, 0.15) is 41.0 Å². The van der Waals surface area contributed by atoms with E-state index in [9.17, 15) is 0 Å². The van der Waals surface area contributed by atoms with Gasteiger partial charge in [-0.2, -0.15) is 0 Å². The summed E-state index contributed by atoms with van der Waals surface area (Å²) in [5.74, 6) is 0.945. The van der Waals surface area contributed by atoms with Crippen molar-refractivity contribution >= 4 is 11.3 Å². The number of thiophene rings is 1. The zero-order chi connectivity index (χ0) is 14.1. The van der Waals surface area contributed by atoms with Gasteiger partial charge < -0.3 is 10.5 Å². The third-order valence-electron chi connectivity index (χ3n) is 3.97. The second-order valence-electron chi connectivity index (χ2n) is 5.65. The Balaban J connectivity index is 1.85. The number of fused-ring (bicyclic) bond motifs is 1. The lowest BCUT2D eigenvalue weighted by atomic mass is 10.1. The molecule has 2 nitrogen and oxygen atoms in total. The predicted molar refractivity (Wildman–Crippen MR) is 84.5 cm³/mol. The van der Waals surface area contributed by atoms with E-state index in [1.165, 1.54) is 40.8 Å². The van der Waals surface area contributed by atoms with E-state index >= 15 is 0 Å². The van der Waals surface area contributed by atoms with E-state index in [4.69, 9.17) is 10.5 Å². The van der Waals surface area contributed by atoms with Crippen LogP contribution in [0.25, 0.3) is 0 Å². The maximum Gasteiger partial charge on any atom is 0.148 e. The van der Waals surface area contributed by atoms with E-state index < -0.39 is 0 Å². The summed E-state index contributed by atoms with van der Waals surface area (Å²) in [6.45, 7) is 4.13. The number of hydrogen-bond donors (Lipinski definition) is 1. The van der Waals surface area contributed by atoms with Crippen molar-refractivity contribution in [1.29, 1.82) is 0 Å². The minimum Gasteiger partial charge on any atom is -0.483 e. The van der Waals surface area contributed by atoms with E-state index in [-0.39, 0.29) is 12.1 Å². The molecule has 0 aliphatic heterocycles. The minimum absolute atomic E-state index is 0.0272. The Hall–Kier alpha value is -1.32. The van der Waals surface area contributed by atoms with Gasteiger partial charge in [-0.15, -0.1) is 11.3 Å². The third kappa shape index (κ3) is 2.60. The molecule has 1 aromatic heterocycles. The van der Waals surface area contributed by atoms with Crippen LogP contribution < -0.4 is 10.5 Å². The Morgan fingerprint density at radius 2 is 2.00 bits per heavy atom. The molecule has 0 saturated heterocycles. The van der Waals surface area contributed by atoms with E-state index in [0.717, 1.165) is 5.75 Å². The Kier molecular flexibility index (Phi) is 3.81. The molecule has 0 bridgehead atoms. The largest absolute Gasteiger partial charge is 0.483 e. The highest BCUT2D eigenvalue weighted by atomic mass is 32.1. The molecule has 2 N–H and O–H groups in total. The second kappa shape index (κ2) is 5.58. The molecule has 0 fully saturated rings. The molecule has 0 spiro atoms. The van der Waals surface area contributed by atoms with Gasteiger partial charge in [0.15, 0.2) is 0 Å². The van der Waals surface area contributed by atoms with Gasteiger partial charge in [0.2, 0.25) is 0 Å². The summed E-state index contributed by atoms with van der Waals surface area (Å²) < 4.78 is 6.21. The van der Waals surface area contributed by atoms with Gasteiger partial charge in [-0.05, 0) is 73.4 Å². The highest BCUT2D eigenvalue weighted by Crippen LogP contribution is 2.32. The zero-order valence-electron chi connectivity index (χ0n) is 12.1. The van der Waals surface area contributed by atoms with Crippen LogP contribution >= 0.6 is 11.3 Å². The molecular formula is C17H21NOS. The van der Waals surface area contributed by atoms with Crippen molar-refractivity contribution in [3.63, 3.8) is 0 Å². The summed E-state index contributed by atoms with van der Waals surface area (Å²) in [4.78, 5) is 1.24. The van der Waals surface area contributed by atoms with Crippen LogP contribution in [0.4, 0.5) is 0 Å². The normalized spacial score (nSPS) is 16.8. The first-order chi connectivity index (χ1) is 9.65. The minimum atomic E-state index is -0.0607. The fraction of sp³-hybridized carbons (Fsp3) is 0.412. The molecular weight excluding hydrogens is 266 g/mol. The van der Waals surface area contributed by atoms with E-state index in [1.807, 2.05) is 6.92 Å². The van der Waals surface area contributed by atoms with Crippen molar-refractivity contribution in [1.82, 2.24) is 0 Å². The van der Waals surface area contributed by atoms with Crippen LogP contribution in [0.2, 0.25) is 0 Å². The Labute approximate surface area is 124 Å². The van der Waals surface area contributed by atoms with Gasteiger partial charge in [0.1, 0.15) is 11.9 Å². The molecule has 3 rings (SSSR count). The summed E-state index contributed by atoms with van der Waals surface area (Å²) >= 11 is 1.73. The topological polar surface area (TPSA) is 35.2 Å². The number of ether oxygens (including phenoxy) is 1. The van der Waals surface area contributed by atoms with Crippen molar-refractivity contribution in [2.24, 2.45) is 5.73 Å². The van der Waals surface area contributed by atoms with E-state index in [2.05, 4.69) is 36.6 Å². The Bertz CT molecular complexity index is 603. The molecule has 1 aliphatic rings. The van der Waals surface area contributed by atoms with E-state index in [1.54, 1.807) is 11.3 Å². The maximum absolute atomic E-state index is 6.21. The molecule has 0 saturated carbocycles. The van der Waals surface area contributed by atoms with Crippen LogP contribution in [0.15, 0.2) is 29.6 Å². The molecule has 0 amide bonds. The third-order valence-corrected chi connectivity index (χ3v) is 5.05. The Morgan fingerprint density at radius 3 is 2.70 bits per heavy atom. The van der Waals surface area contributed by atoms with Gasteiger partial charge in [0, 0.05) is 10.9 Å². The molecule has 1 aliphatic carbocycles. The van der Waals surface area contributed by atoms with Crippen molar-refractivity contribution in [2.75, 3.05) is 0 Å². The van der Waals surface area contributed by atoms with Gasteiger partial charge in [-0.3, -0.25) is 0 Å². The zero-order valence-corrected chi connectivity index (χ0v) is 12.9. The van der Waals surface area contributed by atoms with Gasteiger partial charge in [0.25, 0.3) is 0 Å². The lowest BCUT2D eigenvalue weighted by Crippen LogP contribution is -2.28. The second-order valence-corrected chi connectivity index (χ2v) is 6.60. The molecule has 2 unspecified atom stereocenters. The van der Waals surface area contributed by atoms with Crippen molar-refractivity contribution in [3.8, 4) is 5.75 Å². The number of hydrogen-bond acceptors (Lipinski definition) is 3. The lowest BCUT2D eigenvalue weighted by molar-refractivity contribution is 0.183. The molecule has 2 atom stereocenters. The molecule has 0 radical (unpaired) electrons. The molecule has 20 heavy (non-hydrogen) atoms. The number of nitrogens with two attached hydrogens (primary N) is 1. The first-order valence-electron chi connectivity index (χ1n) is 7.23. The first kappa shape index (κ1) is 13.7. The smallest absolute Gasteiger partial charge is 0.148 e. The van der Waals surface area contributed by atoms with Crippen LogP contribution in [0, 0.1) is 6.92 Å². The van der Waals surface area contributed by atoms with Crippen molar-refractivity contribution in [3.05, 3.63) is 51.2 Å². The lowest BCUT2D eigenvalue weighted by Gasteiger charge is -2.23. The molecule has 106 valence electrons. The summed E-state index contributed by atoms with van der Waals surface area (Å²) in [5.41, 5.74) is 10.3. The van der Waals surface area contributed by atoms with E-state index in [0.29, 0.717) is 0 Å². The highest BCUT2D eigenvalue weighted by molar-refractivity contribution is 7.10. The average Bonchev–Trinajstić information content (AvgIpc) is 3.03. The van der Waals surface area contributed by atoms with Crippen LogP contribution in [0.5, 0.6) is 5.75 Å². The van der Waals surface area contributed by atoms with Crippen LogP contribution in [-0.2, 0) is 12.8 Å². The SMILES string of the molecule is Cc1ccsc1C(Oc1ccc2c(c1)CCC2)C(C)N. The number of rotatable bonds is 4. The van der Waals surface area contributed by atoms with Crippen LogP contribution in [0.3, 0.4) is 0 Å². The molecule has 1 aromatic carbocycles. The summed E-state index contributed by atoms with van der Waals surface area (Å²) in [6, 6.07) is 8.59. The summed E-state index contributed by atoms with van der Waals surface area (Å²) in [5, 5.41) is 2.10. The highest BCUT2D eigenvalue weighted by Gasteiger charge is 2.22. The summed E-state index contributed by atoms with van der Waals surface area (Å²) in [6.07, 6.45) is 3.58. The Morgan fingerprint density at radius 1 is 1.20 bits per heavy atom. The molecule has 2 aromatic rings. The van der Waals surface area contributed by atoms with Crippen molar-refractivity contribution in [2.45, 2.75) is 45.3 Å². The monoisotopic (exact) mass is 287 g/mol. The number of benzene rings is 1.